The number of carbonyl (C=O) groups excluding carboxylic acids is 3. The van der Waals surface area contributed by atoms with E-state index in [0.29, 0.717) is 28.4 Å². The van der Waals surface area contributed by atoms with E-state index in [9.17, 15) is 19.5 Å². The maximum atomic E-state index is 13.8. The molecule has 2 amide bonds. The van der Waals surface area contributed by atoms with Crippen LogP contribution >= 0.6 is 0 Å². The van der Waals surface area contributed by atoms with Gasteiger partial charge in [-0.1, -0.05) is 42.5 Å². The summed E-state index contributed by atoms with van der Waals surface area (Å²) < 4.78 is 11.4. The summed E-state index contributed by atoms with van der Waals surface area (Å²) in [7, 11) is 1.49. The lowest BCUT2D eigenvalue weighted by atomic mass is 9.61. The van der Waals surface area contributed by atoms with Crippen LogP contribution < -0.4 is 20.1 Å². The number of hydrogen-bond acceptors (Lipinski definition) is 6. The van der Waals surface area contributed by atoms with Crippen LogP contribution in [0.1, 0.15) is 38.7 Å². The molecule has 4 atom stereocenters. The number of methoxy groups -OCH3 is 1. The Morgan fingerprint density at radius 3 is 2.00 bits per heavy atom. The first-order chi connectivity index (χ1) is 18.6. The monoisotopic (exact) mass is 530 g/mol. The Bertz CT molecular complexity index is 1320. The van der Waals surface area contributed by atoms with Crippen LogP contribution in [-0.2, 0) is 14.4 Å². The zero-order valence-electron chi connectivity index (χ0n) is 22.5. The Morgan fingerprint density at radius 2 is 1.46 bits per heavy atom. The lowest BCUT2D eigenvalue weighted by Gasteiger charge is -2.44. The number of ketones is 1. The van der Waals surface area contributed by atoms with E-state index in [-0.39, 0.29) is 12.5 Å². The van der Waals surface area contributed by atoms with Crippen LogP contribution in [0.4, 0.5) is 11.4 Å². The summed E-state index contributed by atoms with van der Waals surface area (Å²) in [5.41, 5.74) is -0.157. The van der Waals surface area contributed by atoms with Crippen molar-refractivity contribution in [2.45, 2.75) is 44.8 Å². The summed E-state index contributed by atoms with van der Waals surface area (Å²) in [6, 6.07) is 22.7. The molecule has 8 heteroatoms. The number of anilines is 2. The van der Waals surface area contributed by atoms with Crippen molar-refractivity contribution in [2.24, 2.45) is 11.8 Å². The second-order valence-corrected chi connectivity index (χ2v) is 10.3. The maximum Gasteiger partial charge on any atom is 0.235 e. The predicted molar refractivity (Wildman–Crippen MR) is 149 cm³/mol. The van der Waals surface area contributed by atoms with Gasteiger partial charge in [0, 0.05) is 23.7 Å². The van der Waals surface area contributed by atoms with Crippen molar-refractivity contribution < 1.29 is 29.0 Å². The Morgan fingerprint density at radius 1 is 0.897 bits per heavy atom. The number of aliphatic hydroxyl groups is 1. The molecule has 0 radical (unpaired) electrons. The SMILES string of the molecule is COc1cc(C2C(C(=O)Nc3ccccc3)C(=O)CC(C)(O)C2C(=O)Nc2ccccc2)ccc1OC(C)C. The zero-order chi connectivity index (χ0) is 28.2. The third kappa shape index (κ3) is 6.29. The topological polar surface area (TPSA) is 114 Å². The molecule has 4 unspecified atom stereocenters. The molecule has 1 saturated carbocycles. The van der Waals surface area contributed by atoms with Crippen LogP contribution in [0.2, 0.25) is 0 Å². The number of carbonyl (C=O) groups is 3. The van der Waals surface area contributed by atoms with Crippen molar-refractivity contribution in [3.63, 3.8) is 0 Å². The fourth-order valence-electron chi connectivity index (χ4n) is 5.22. The number of para-hydroxylation sites is 2. The van der Waals surface area contributed by atoms with Crippen LogP contribution in [0.25, 0.3) is 0 Å². The van der Waals surface area contributed by atoms with E-state index in [1.807, 2.05) is 26.0 Å². The lowest BCUT2D eigenvalue weighted by molar-refractivity contribution is -0.150. The van der Waals surface area contributed by atoms with Crippen molar-refractivity contribution in [2.75, 3.05) is 17.7 Å². The molecule has 0 bridgehead atoms. The van der Waals surface area contributed by atoms with Crippen molar-refractivity contribution >= 4 is 29.0 Å². The predicted octanol–water partition coefficient (Wildman–Crippen LogP) is 4.80. The van der Waals surface area contributed by atoms with E-state index in [1.54, 1.807) is 66.7 Å². The van der Waals surface area contributed by atoms with Crippen molar-refractivity contribution in [1.82, 2.24) is 0 Å². The molecule has 3 aromatic rings. The summed E-state index contributed by atoms with van der Waals surface area (Å²) in [5, 5.41) is 17.2. The molecule has 1 aliphatic carbocycles. The van der Waals surface area contributed by atoms with Crippen LogP contribution in [0.3, 0.4) is 0 Å². The Kier molecular flexibility index (Phi) is 8.35. The molecule has 39 heavy (non-hydrogen) atoms. The fourth-order valence-corrected chi connectivity index (χ4v) is 5.22. The largest absolute Gasteiger partial charge is 0.493 e. The Hall–Kier alpha value is -4.17. The van der Waals surface area contributed by atoms with Gasteiger partial charge < -0.3 is 25.2 Å². The van der Waals surface area contributed by atoms with Gasteiger partial charge in [-0.25, -0.2) is 0 Å². The standard InChI is InChI=1S/C31H34N2O6/c1-19(2)39-24-16-15-20(17-25(24)38-4)26-27(29(35)32-21-11-7-5-8-12-21)23(34)18-31(3,37)28(26)30(36)33-22-13-9-6-10-14-22/h5-17,19,26-28,37H,18H2,1-4H3,(H,32,35)(H,33,36). The van der Waals surface area contributed by atoms with Gasteiger partial charge in [0.15, 0.2) is 11.5 Å². The van der Waals surface area contributed by atoms with E-state index in [4.69, 9.17) is 9.47 Å². The molecule has 4 rings (SSSR count). The van der Waals surface area contributed by atoms with Gasteiger partial charge in [0.05, 0.1) is 24.7 Å². The minimum atomic E-state index is -1.72. The smallest absolute Gasteiger partial charge is 0.235 e. The molecule has 8 nitrogen and oxygen atoms in total. The van der Waals surface area contributed by atoms with Crippen LogP contribution in [0, 0.1) is 11.8 Å². The van der Waals surface area contributed by atoms with E-state index in [2.05, 4.69) is 10.6 Å². The zero-order valence-corrected chi connectivity index (χ0v) is 22.5. The third-order valence-electron chi connectivity index (χ3n) is 6.85. The maximum absolute atomic E-state index is 13.8. The minimum absolute atomic E-state index is 0.115. The second-order valence-electron chi connectivity index (χ2n) is 10.3. The summed E-state index contributed by atoms with van der Waals surface area (Å²) in [6.45, 7) is 5.24. The van der Waals surface area contributed by atoms with E-state index in [0.717, 1.165) is 0 Å². The summed E-state index contributed by atoms with van der Waals surface area (Å²) in [5.74, 6) is -3.99. The average Bonchev–Trinajstić information content (AvgIpc) is 2.88. The molecule has 0 heterocycles. The number of amides is 2. The van der Waals surface area contributed by atoms with Crippen molar-refractivity contribution in [3.8, 4) is 11.5 Å². The molecule has 1 aliphatic rings. The van der Waals surface area contributed by atoms with Gasteiger partial charge in [0.2, 0.25) is 11.8 Å². The molecule has 0 aromatic heterocycles. The lowest BCUT2D eigenvalue weighted by Crippen LogP contribution is -2.56. The molecular weight excluding hydrogens is 496 g/mol. The number of hydrogen-bond donors (Lipinski definition) is 3. The Labute approximate surface area is 228 Å². The molecule has 0 spiro atoms. The number of ether oxygens (including phenoxy) is 2. The second kappa shape index (κ2) is 11.7. The van der Waals surface area contributed by atoms with Crippen LogP contribution in [0.5, 0.6) is 11.5 Å². The summed E-state index contributed by atoms with van der Waals surface area (Å²) in [6.07, 6.45) is -0.467. The fraction of sp³-hybridized carbons (Fsp3) is 0.323. The first kappa shape index (κ1) is 27.9. The molecule has 1 fully saturated rings. The first-order valence-corrected chi connectivity index (χ1v) is 12.9. The minimum Gasteiger partial charge on any atom is -0.493 e. The number of nitrogens with one attached hydrogen (secondary N) is 2. The van der Waals surface area contributed by atoms with Gasteiger partial charge in [-0.05, 0) is 62.7 Å². The summed E-state index contributed by atoms with van der Waals surface area (Å²) >= 11 is 0. The third-order valence-corrected chi connectivity index (χ3v) is 6.85. The van der Waals surface area contributed by atoms with Gasteiger partial charge in [0.25, 0.3) is 0 Å². The molecular formula is C31H34N2O6. The van der Waals surface area contributed by atoms with Gasteiger partial charge in [-0.3, -0.25) is 14.4 Å². The number of Topliss-reactive ketones (excluding diaryl/α,β-unsaturated/α-hetero) is 1. The average molecular weight is 531 g/mol. The van der Waals surface area contributed by atoms with E-state index >= 15 is 0 Å². The van der Waals surface area contributed by atoms with Crippen molar-refractivity contribution in [1.29, 1.82) is 0 Å². The molecule has 204 valence electrons. The molecule has 3 aromatic carbocycles. The normalized spacial score (nSPS) is 22.7. The molecule has 0 aliphatic heterocycles. The van der Waals surface area contributed by atoms with Crippen LogP contribution in [0.15, 0.2) is 78.9 Å². The highest BCUT2D eigenvalue weighted by Gasteiger charge is 2.56. The quantitative estimate of drug-likeness (QED) is 0.361. The highest BCUT2D eigenvalue weighted by Crippen LogP contribution is 2.48. The highest BCUT2D eigenvalue weighted by molar-refractivity contribution is 6.10. The first-order valence-electron chi connectivity index (χ1n) is 12.9. The van der Waals surface area contributed by atoms with Gasteiger partial charge >= 0.3 is 0 Å². The number of rotatable bonds is 8. The summed E-state index contributed by atoms with van der Waals surface area (Å²) in [4.78, 5) is 41.0. The molecule has 0 saturated heterocycles. The van der Waals surface area contributed by atoms with E-state index in [1.165, 1.54) is 14.0 Å². The van der Waals surface area contributed by atoms with Gasteiger partial charge in [-0.2, -0.15) is 0 Å². The Balaban J connectivity index is 1.82. The highest BCUT2D eigenvalue weighted by atomic mass is 16.5. The van der Waals surface area contributed by atoms with Crippen LogP contribution in [-0.4, -0.2) is 41.5 Å². The van der Waals surface area contributed by atoms with Crippen molar-refractivity contribution in [3.05, 3.63) is 84.4 Å². The van der Waals surface area contributed by atoms with Gasteiger partial charge in [0.1, 0.15) is 11.7 Å². The number of benzene rings is 3. The van der Waals surface area contributed by atoms with Gasteiger partial charge in [-0.15, -0.1) is 0 Å². The molecule has 3 N–H and O–H groups in total. The van der Waals surface area contributed by atoms with E-state index < -0.39 is 41.0 Å².